The molecule has 0 spiro atoms. The maximum Gasteiger partial charge on any atom is 0.191 e. The van der Waals surface area contributed by atoms with Gasteiger partial charge in [-0.2, -0.15) is 0 Å². The number of hydrogen-bond donors (Lipinski definition) is 0. The zero-order chi connectivity index (χ0) is 16.2. The molecule has 1 atom stereocenters. The van der Waals surface area contributed by atoms with E-state index >= 15 is 0 Å². The van der Waals surface area contributed by atoms with E-state index in [2.05, 4.69) is 6.92 Å². The van der Waals surface area contributed by atoms with E-state index < -0.39 is 0 Å². The summed E-state index contributed by atoms with van der Waals surface area (Å²) in [6.45, 7) is 2.10. The topological polar surface area (TPSA) is 17.1 Å². The van der Waals surface area contributed by atoms with Crippen molar-refractivity contribution in [2.24, 2.45) is 0 Å². The predicted molar refractivity (Wildman–Crippen MR) is 103 cm³/mol. The van der Waals surface area contributed by atoms with E-state index in [1.54, 1.807) is 23.5 Å². The fraction of sp³-hybridized carbons (Fsp3) is 0.211. The quantitative estimate of drug-likeness (QED) is 0.490. The van der Waals surface area contributed by atoms with Crippen LogP contribution in [0.4, 0.5) is 0 Å². The van der Waals surface area contributed by atoms with Crippen LogP contribution in [0.5, 0.6) is 0 Å². The Kier molecular flexibility index (Phi) is 5.52. The van der Waals surface area contributed by atoms with Crippen LogP contribution in [0.2, 0.25) is 5.02 Å². The smallest absolute Gasteiger partial charge is 0.191 e. The molecule has 0 aromatic heterocycles. The van der Waals surface area contributed by atoms with Gasteiger partial charge in [-0.05, 0) is 17.7 Å². The standard InChI is InChI=1S/C19H17ClOS2/c1-13(14-7-9-16(20)10-8-14)17(19-22-11-12-23-19)18(21)15-5-3-2-4-6-15/h2-10,13H,11-12H2,1H3. The Morgan fingerprint density at radius 3 is 2.22 bits per heavy atom. The van der Waals surface area contributed by atoms with Crippen molar-refractivity contribution < 1.29 is 4.79 Å². The second kappa shape index (κ2) is 7.61. The Labute approximate surface area is 150 Å². The zero-order valence-electron chi connectivity index (χ0n) is 12.8. The molecule has 1 unspecified atom stereocenters. The Bertz CT molecular complexity index is 715. The number of hydrogen-bond acceptors (Lipinski definition) is 3. The Hall–Kier alpha value is -1.16. The first-order chi connectivity index (χ1) is 11.2. The number of allylic oxidation sites excluding steroid dienone is 1. The van der Waals surface area contributed by atoms with E-state index in [0.29, 0.717) is 5.02 Å². The highest BCUT2D eigenvalue weighted by Gasteiger charge is 2.26. The van der Waals surface area contributed by atoms with Crippen molar-refractivity contribution >= 4 is 40.9 Å². The van der Waals surface area contributed by atoms with E-state index in [0.717, 1.165) is 28.2 Å². The summed E-state index contributed by atoms with van der Waals surface area (Å²) in [6, 6.07) is 17.3. The summed E-state index contributed by atoms with van der Waals surface area (Å²) in [5.41, 5.74) is 2.78. The number of thioether (sulfide) groups is 2. The number of Topliss-reactive ketones (excluding diaryl/α,β-unsaturated/α-hetero) is 1. The molecule has 0 aliphatic carbocycles. The van der Waals surface area contributed by atoms with Crippen LogP contribution in [-0.2, 0) is 0 Å². The molecular weight excluding hydrogens is 344 g/mol. The molecule has 23 heavy (non-hydrogen) atoms. The highest BCUT2D eigenvalue weighted by Crippen LogP contribution is 2.43. The van der Waals surface area contributed by atoms with Crippen molar-refractivity contribution in [3.05, 3.63) is 80.6 Å². The monoisotopic (exact) mass is 360 g/mol. The number of halogens is 1. The van der Waals surface area contributed by atoms with Crippen molar-refractivity contribution in [2.75, 3.05) is 11.5 Å². The molecule has 0 amide bonds. The van der Waals surface area contributed by atoms with Crippen LogP contribution in [0.3, 0.4) is 0 Å². The van der Waals surface area contributed by atoms with Crippen LogP contribution in [0.15, 0.2) is 64.4 Å². The number of carbonyl (C=O) groups excluding carboxylic acids is 1. The molecule has 0 bridgehead atoms. The summed E-state index contributed by atoms with van der Waals surface area (Å²) in [7, 11) is 0. The molecule has 1 aliphatic rings. The van der Waals surface area contributed by atoms with Crippen LogP contribution >= 0.6 is 35.1 Å². The van der Waals surface area contributed by atoms with Gasteiger partial charge in [0.25, 0.3) is 0 Å². The van der Waals surface area contributed by atoms with Crippen molar-refractivity contribution in [1.29, 1.82) is 0 Å². The molecule has 0 N–H and O–H groups in total. The molecule has 1 saturated heterocycles. The number of carbonyl (C=O) groups is 1. The molecule has 4 heteroatoms. The fourth-order valence-electron chi connectivity index (χ4n) is 2.60. The molecule has 2 aromatic rings. The van der Waals surface area contributed by atoms with Gasteiger partial charge < -0.3 is 0 Å². The van der Waals surface area contributed by atoms with Crippen molar-refractivity contribution in [3.8, 4) is 0 Å². The normalized spacial score (nSPS) is 15.5. The van der Waals surface area contributed by atoms with Gasteiger partial charge in [0, 0.05) is 37.8 Å². The molecule has 1 aliphatic heterocycles. The number of benzene rings is 2. The van der Waals surface area contributed by atoms with Crippen LogP contribution in [-0.4, -0.2) is 17.3 Å². The first kappa shape index (κ1) is 16.7. The third-order valence-electron chi connectivity index (χ3n) is 3.85. The highest BCUT2D eigenvalue weighted by atomic mass is 35.5. The van der Waals surface area contributed by atoms with Gasteiger partial charge in [0.2, 0.25) is 0 Å². The summed E-state index contributed by atoms with van der Waals surface area (Å²) in [6.07, 6.45) is 0. The van der Waals surface area contributed by atoms with Gasteiger partial charge in [-0.25, -0.2) is 0 Å². The maximum atomic E-state index is 13.1. The van der Waals surface area contributed by atoms with Gasteiger partial charge in [-0.1, -0.05) is 61.0 Å². The molecule has 118 valence electrons. The Morgan fingerprint density at radius 1 is 1.00 bits per heavy atom. The van der Waals surface area contributed by atoms with Gasteiger partial charge in [0.15, 0.2) is 5.78 Å². The minimum absolute atomic E-state index is 0.0491. The maximum absolute atomic E-state index is 13.1. The van der Waals surface area contributed by atoms with E-state index in [9.17, 15) is 4.79 Å². The van der Waals surface area contributed by atoms with Crippen LogP contribution < -0.4 is 0 Å². The van der Waals surface area contributed by atoms with Gasteiger partial charge in [-0.15, -0.1) is 23.5 Å². The SMILES string of the molecule is CC(C(C(=O)c1ccccc1)=C1SCCS1)c1ccc(Cl)cc1. The van der Waals surface area contributed by atoms with Crippen LogP contribution in [0.25, 0.3) is 0 Å². The first-order valence-corrected chi connectivity index (χ1v) is 9.86. The van der Waals surface area contributed by atoms with Crippen molar-refractivity contribution in [1.82, 2.24) is 0 Å². The third kappa shape index (κ3) is 3.85. The van der Waals surface area contributed by atoms with Crippen molar-refractivity contribution in [2.45, 2.75) is 12.8 Å². The van der Waals surface area contributed by atoms with Gasteiger partial charge in [0.1, 0.15) is 0 Å². The first-order valence-electron chi connectivity index (χ1n) is 7.52. The van der Waals surface area contributed by atoms with Gasteiger partial charge in [-0.3, -0.25) is 4.79 Å². The highest BCUT2D eigenvalue weighted by molar-refractivity contribution is 8.25. The molecule has 1 heterocycles. The second-order valence-corrected chi connectivity index (χ2v) is 8.27. The molecule has 0 radical (unpaired) electrons. The third-order valence-corrected chi connectivity index (χ3v) is 6.85. The number of ketones is 1. The fourth-order valence-corrected chi connectivity index (χ4v) is 5.44. The lowest BCUT2D eigenvalue weighted by Crippen LogP contribution is -2.11. The molecular formula is C19H17ClOS2. The Balaban J connectivity index is 2.01. The summed E-state index contributed by atoms with van der Waals surface area (Å²) >= 11 is 9.58. The minimum Gasteiger partial charge on any atom is -0.289 e. The van der Waals surface area contributed by atoms with E-state index in [4.69, 9.17) is 11.6 Å². The van der Waals surface area contributed by atoms with E-state index in [1.165, 1.54) is 4.24 Å². The molecule has 0 saturated carbocycles. The van der Waals surface area contributed by atoms with E-state index in [1.807, 2.05) is 54.6 Å². The van der Waals surface area contributed by atoms with Gasteiger partial charge in [0.05, 0.1) is 0 Å². The van der Waals surface area contributed by atoms with Crippen LogP contribution in [0, 0.1) is 0 Å². The Morgan fingerprint density at radius 2 is 1.61 bits per heavy atom. The summed E-state index contributed by atoms with van der Waals surface area (Å²) in [4.78, 5) is 13.1. The summed E-state index contributed by atoms with van der Waals surface area (Å²) < 4.78 is 1.17. The molecule has 2 aromatic carbocycles. The zero-order valence-corrected chi connectivity index (χ0v) is 15.2. The molecule has 1 nitrogen and oxygen atoms in total. The lowest BCUT2D eigenvalue weighted by atomic mass is 9.89. The largest absolute Gasteiger partial charge is 0.289 e. The van der Waals surface area contributed by atoms with E-state index in [-0.39, 0.29) is 11.7 Å². The molecule has 1 fully saturated rings. The second-order valence-electron chi connectivity index (χ2n) is 5.37. The molecule has 3 rings (SSSR count). The predicted octanol–water partition coefficient (Wildman–Crippen LogP) is 6.02. The summed E-state index contributed by atoms with van der Waals surface area (Å²) in [5, 5.41) is 0.717. The average molecular weight is 361 g/mol. The van der Waals surface area contributed by atoms with Crippen LogP contribution in [0.1, 0.15) is 28.8 Å². The average Bonchev–Trinajstić information content (AvgIpc) is 3.10. The number of rotatable bonds is 4. The lowest BCUT2D eigenvalue weighted by molar-refractivity contribution is 0.102. The minimum atomic E-state index is 0.0491. The van der Waals surface area contributed by atoms with Crippen molar-refractivity contribution in [3.63, 3.8) is 0 Å². The van der Waals surface area contributed by atoms with Gasteiger partial charge >= 0.3 is 0 Å². The summed E-state index contributed by atoms with van der Waals surface area (Å²) in [5.74, 6) is 2.32. The lowest BCUT2D eigenvalue weighted by Gasteiger charge is -2.18.